The van der Waals surface area contributed by atoms with Crippen LogP contribution in [0.2, 0.25) is 0 Å². The first kappa shape index (κ1) is 26.5. The van der Waals surface area contributed by atoms with E-state index in [-0.39, 0.29) is 39.2 Å². The van der Waals surface area contributed by atoms with Crippen LogP contribution in [-0.2, 0) is 0 Å². The van der Waals surface area contributed by atoms with Crippen LogP contribution in [0.3, 0.4) is 0 Å². The molecule has 6 aromatic rings. The van der Waals surface area contributed by atoms with Crippen LogP contribution in [0.1, 0.15) is 0 Å². The van der Waals surface area contributed by atoms with Gasteiger partial charge in [0.1, 0.15) is 51.2 Å². The van der Waals surface area contributed by atoms with Crippen molar-refractivity contribution in [2.24, 2.45) is 0 Å². The van der Waals surface area contributed by atoms with Crippen LogP contribution >= 0.6 is 0 Å². The van der Waals surface area contributed by atoms with Crippen molar-refractivity contribution in [3.63, 3.8) is 0 Å². The molecular formula is C33H24O9. The van der Waals surface area contributed by atoms with Crippen LogP contribution in [0.5, 0.6) is 28.7 Å². The van der Waals surface area contributed by atoms with Crippen molar-refractivity contribution in [1.29, 1.82) is 0 Å². The predicted molar refractivity (Wildman–Crippen MR) is 158 cm³/mol. The van der Waals surface area contributed by atoms with Gasteiger partial charge in [0.15, 0.2) is 16.4 Å². The van der Waals surface area contributed by atoms with Crippen molar-refractivity contribution in [2.45, 2.75) is 0 Å². The maximum Gasteiger partial charge on any atom is 0.197 e. The Morgan fingerprint density at radius 2 is 1.29 bits per heavy atom. The Balaban J connectivity index is 1.60. The lowest BCUT2D eigenvalue weighted by Gasteiger charge is -2.15. The van der Waals surface area contributed by atoms with Gasteiger partial charge in [-0.3, -0.25) is 9.59 Å². The van der Waals surface area contributed by atoms with Gasteiger partial charge in [-0.1, -0.05) is 0 Å². The van der Waals surface area contributed by atoms with Gasteiger partial charge < -0.3 is 33.3 Å². The Bertz CT molecular complexity index is 2110. The zero-order valence-corrected chi connectivity index (χ0v) is 22.8. The molecule has 2 aromatic heterocycles. The van der Waals surface area contributed by atoms with Gasteiger partial charge in [-0.15, -0.1) is 0 Å². The van der Waals surface area contributed by atoms with Gasteiger partial charge in [0, 0.05) is 41.0 Å². The van der Waals surface area contributed by atoms with E-state index in [1.54, 1.807) is 67.8 Å². The third-order valence-corrected chi connectivity index (χ3v) is 7.02. The highest BCUT2D eigenvalue weighted by Crippen LogP contribution is 2.45. The lowest BCUT2D eigenvalue weighted by molar-refractivity contribution is 0.414. The number of phenolic OH excluding ortho intramolecular Hbond substituents is 2. The highest BCUT2D eigenvalue weighted by atomic mass is 16.5. The summed E-state index contributed by atoms with van der Waals surface area (Å²) in [5, 5.41) is 22.0. The van der Waals surface area contributed by atoms with E-state index in [1.165, 1.54) is 26.4 Å². The molecule has 6 rings (SSSR count). The summed E-state index contributed by atoms with van der Waals surface area (Å²) in [4.78, 5) is 26.2. The molecule has 0 saturated heterocycles. The summed E-state index contributed by atoms with van der Waals surface area (Å²) in [7, 11) is 4.52. The molecule has 0 aliphatic heterocycles. The molecule has 0 saturated carbocycles. The molecule has 0 spiro atoms. The molecule has 9 nitrogen and oxygen atoms in total. The van der Waals surface area contributed by atoms with E-state index < -0.39 is 11.2 Å². The molecule has 0 bridgehead atoms. The number of phenols is 2. The Kier molecular flexibility index (Phi) is 6.54. The van der Waals surface area contributed by atoms with E-state index in [2.05, 4.69) is 0 Å². The number of aromatic hydroxyl groups is 2. The minimum atomic E-state index is -0.509. The molecule has 4 aromatic carbocycles. The molecule has 0 aliphatic rings. The first-order chi connectivity index (χ1) is 20.3. The number of hydrogen-bond acceptors (Lipinski definition) is 9. The number of hydrogen-bond donors (Lipinski definition) is 2. The summed E-state index contributed by atoms with van der Waals surface area (Å²) >= 11 is 0. The Labute approximate surface area is 238 Å². The predicted octanol–water partition coefficient (Wildman–Crippen LogP) is 6.34. The summed E-state index contributed by atoms with van der Waals surface area (Å²) in [6.45, 7) is 0. The molecule has 0 unspecified atom stereocenters. The van der Waals surface area contributed by atoms with Gasteiger partial charge in [-0.05, 0) is 54.6 Å². The monoisotopic (exact) mass is 564 g/mol. The van der Waals surface area contributed by atoms with Gasteiger partial charge in [0.05, 0.1) is 32.3 Å². The lowest BCUT2D eigenvalue weighted by Crippen LogP contribution is -2.03. The maximum absolute atomic E-state index is 13.3. The molecular weight excluding hydrogens is 540 g/mol. The average molecular weight is 565 g/mol. The van der Waals surface area contributed by atoms with E-state index in [1.807, 2.05) is 0 Å². The second-order valence-electron chi connectivity index (χ2n) is 9.45. The average Bonchev–Trinajstić information content (AvgIpc) is 3.00. The Hall–Kier alpha value is -5.70. The number of benzene rings is 4. The van der Waals surface area contributed by atoms with Crippen molar-refractivity contribution in [3.05, 3.63) is 99.3 Å². The molecule has 0 atom stereocenters. The van der Waals surface area contributed by atoms with Crippen LogP contribution in [-0.4, -0.2) is 31.5 Å². The summed E-state index contributed by atoms with van der Waals surface area (Å²) < 4.78 is 28.4. The first-order valence-electron chi connectivity index (χ1n) is 12.8. The summed E-state index contributed by atoms with van der Waals surface area (Å²) in [6.07, 6.45) is 0. The number of ether oxygens (including phenoxy) is 3. The summed E-state index contributed by atoms with van der Waals surface area (Å²) in [5.41, 5.74) is 1.04. The van der Waals surface area contributed by atoms with Gasteiger partial charge in [-0.25, -0.2) is 0 Å². The van der Waals surface area contributed by atoms with Gasteiger partial charge in [0.2, 0.25) is 0 Å². The maximum atomic E-state index is 13.3. The van der Waals surface area contributed by atoms with Crippen LogP contribution in [0.4, 0.5) is 0 Å². The number of fused-ring (bicyclic) bond motifs is 2. The van der Waals surface area contributed by atoms with E-state index >= 15 is 0 Å². The molecule has 2 heterocycles. The smallest absolute Gasteiger partial charge is 0.197 e. The van der Waals surface area contributed by atoms with Gasteiger partial charge in [0.25, 0.3) is 0 Å². The fraction of sp³-hybridized carbons (Fsp3) is 0.0909. The summed E-state index contributed by atoms with van der Waals surface area (Å²) in [6, 6.07) is 20.5. The van der Waals surface area contributed by atoms with Crippen LogP contribution in [0.25, 0.3) is 55.7 Å². The van der Waals surface area contributed by atoms with Crippen LogP contribution in [0, 0.1) is 0 Å². The molecule has 0 amide bonds. The quantitative estimate of drug-likeness (QED) is 0.238. The van der Waals surface area contributed by atoms with Crippen molar-refractivity contribution in [3.8, 4) is 62.5 Å². The molecule has 0 fully saturated rings. The molecule has 42 heavy (non-hydrogen) atoms. The third kappa shape index (κ3) is 4.46. The second-order valence-corrected chi connectivity index (χ2v) is 9.45. The fourth-order valence-corrected chi connectivity index (χ4v) is 4.92. The third-order valence-electron chi connectivity index (χ3n) is 7.02. The highest BCUT2D eigenvalue weighted by molar-refractivity contribution is 6.01. The SMILES string of the molecule is COc1ccc(-c2cc(=O)c3c(O)cc(O)c(-c4cc(-c5cc(=O)c6ccc(OC)cc6o5)ccc4OC)c3o2)cc1. The fourth-order valence-electron chi connectivity index (χ4n) is 4.92. The largest absolute Gasteiger partial charge is 0.507 e. The first-order valence-corrected chi connectivity index (χ1v) is 12.8. The van der Waals surface area contributed by atoms with Crippen molar-refractivity contribution >= 4 is 21.9 Å². The molecule has 210 valence electrons. The zero-order chi connectivity index (χ0) is 29.5. The number of methoxy groups -OCH3 is 3. The van der Waals surface area contributed by atoms with Crippen LogP contribution < -0.4 is 25.1 Å². The molecule has 0 radical (unpaired) electrons. The zero-order valence-electron chi connectivity index (χ0n) is 22.8. The molecule has 2 N–H and O–H groups in total. The van der Waals surface area contributed by atoms with E-state index in [9.17, 15) is 19.8 Å². The molecule has 0 aliphatic carbocycles. The van der Waals surface area contributed by atoms with Crippen molar-refractivity contribution in [2.75, 3.05) is 21.3 Å². The van der Waals surface area contributed by atoms with E-state index in [0.29, 0.717) is 44.9 Å². The summed E-state index contributed by atoms with van der Waals surface area (Å²) in [5.74, 6) is 1.17. The minimum absolute atomic E-state index is 0.0500. The topological polar surface area (TPSA) is 129 Å². The second kappa shape index (κ2) is 10.4. The van der Waals surface area contributed by atoms with Crippen molar-refractivity contribution < 1.29 is 33.3 Å². The minimum Gasteiger partial charge on any atom is -0.507 e. The van der Waals surface area contributed by atoms with Gasteiger partial charge >= 0.3 is 0 Å². The standard InChI is InChI=1S/C33H24O9/c1-38-19-7-4-17(5-8-19)28-16-26(37)32-25(36)14-24(35)31(33(32)42-28)22-12-18(6-11-27(22)40-3)29-15-23(34)21-10-9-20(39-2)13-30(21)41-29/h4-16,35-36H,1-3H3. The highest BCUT2D eigenvalue weighted by Gasteiger charge is 2.23. The van der Waals surface area contributed by atoms with Crippen LogP contribution in [0.15, 0.2) is 97.3 Å². The number of rotatable bonds is 6. The Morgan fingerprint density at radius 3 is 2.00 bits per heavy atom. The lowest BCUT2D eigenvalue weighted by atomic mass is 9.96. The van der Waals surface area contributed by atoms with E-state index in [4.69, 9.17) is 23.0 Å². The van der Waals surface area contributed by atoms with E-state index in [0.717, 1.165) is 6.07 Å². The Morgan fingerprint density at radius 1 is 0.619 bits per heavy atom. The normalized spacial score (nSPS) is 11.1. The molecule has 9 heteroatoms. The van der Waals surface area contributed by atoms with Crippen molar-refractivity contribution in [1.82, 2.24) is 0 Å². The van der Waals surface area contributed by atoms with Gasteiger partial charge in [-0.2, -0.15) is 0 Å².